The minimum absolute atomic E-state index is 0.126. The van der Waals surface area contributed by atoms with Crippen LogP contribution in [-0.2, 0) is 0 Å². The number of rotatable bonds is 3. The zero-order chi connectivity index (χ0) is 13.7. The highest BCUT2D eigenvalue weighted by molar-refractivity contribution is 5.82. The third-order valence-corrected chi connectivity index (χ3v) is 3.75. The number of nitrogens with two attached hydrogens (primary N) is 1. The molecule has 4 rings (SSSR count). The van der Waals surface area contributed by atoms with E-state index in [-0.39, 0.29) is 6.04 Å². The van der Waals surface area contributed by atoms with Crippen molar-refractivity contribution in [2.45, 2.75) is 25.8 Å². The van der Waals surface area contributed by atoms with Gasteiger partial charge in [-0.25, -0.2) is 0 Å². The van der Waals surface area contributed by atoms with Crippen LogP contribution in [0.5, 0.6) is 0 Å². The second-order valence-electron chi connectivity index (χ2n) is 5.47. The number of aryl methyl sites for hydroxylation is 1. The molecule has 0 amide bonds. The molecule has 1 unspecified atom stereocenters. The molecule has 0 spiro atoms. The molecular formula is C15H15N3O2. The maximum absolute atomic E-state index is 6.07. The lowest BCUT2D eigenvalue weighted by Gasteiger charge is -2.01. The van der Waals surface area contributed by atoms with Crippen molar-refractivity contribution in [1.29, 1.82) is 0 Å². The molecule has 0 bridgehead atoms. The molecule has 2 aromatic heterocycles. The Morgan fingerprint density at radius 2 is 2.15 bits per heavy atom. The van der Waals surface area contributed by atoms with Gasteiger partial charge in [0.1, 0.15) is 5.58 Å². The first-order valence-corrected chi connectivity index (χ1v) is 6.80. The average molecular weight is 269 g/mol. The molecule has 2 heterocycles. The third kappa shape index (κ3) is 1.91. The van der Waals surface area contributed by atoms with Crippen LogP contribution in [0.15, 0.2) is 33.2 Å². The summed E-state index contributed by atoms with van der Waals surface area (Å²) >= 11 is 0. The number of benzene rings is 1. The van der Waals surface area contributed by atoms with Crippen LogP contribution in [0.3, 0.4) is 0 Å². The molecule has 1 aromatic carbocycles. The van der Waals surface area contributed by atoms with Gasteiger partial charge in [0.15, 0.2) is 11.6 Å². The largest absolute Gasteiger partial charge is 0.451 e. The summed E-state index contributed by atoms with van der Waals surface area (Å²) in [6, 6.07) is 7.82. The summed E-state index contributed by atoms with van der Waals surface area (Å²) in [7, 11) is 0. The van der Waals surface area contributed by atoms with Gasteiger partial charge in [-0.05, 0) is 43.9 Å². The molecule has 102 valence electrons. The molecule has 1 aliphatic carbocycles. The Kier molecular flexibility index (Phi) is 2.44. The van der Waals surface area contributed by atoms with E-state index in [4.69, 9.17) is 14.7 Å². The van der Waals surface area contributed by atoms with Crippen molar-refractivity contribution in [2.75, 3.05) is 0 Å². The van der Waals surface area contributed by atoms with Crippen LogP contribution in [0.25, 0.3) is 22.6 Å². The zero-order valence-corrected chi connectivity index (χ0v) is 11.2. The van der Waals surface area contributed by atoms with Crippen molar-refractivity contribution in [3.8, 4) is 11.7 Å². The molecule has 0 radical (unpaired) electrons. The monoisotopic (exact) mass is 269 g/mol. The van der Waals surface area contributed by atoms with E-state index < -0.39 is 0 Å². The van der Waals surface area contributed by atoms with Gasteiger partial charge < -0.3 is 14.7 Å². The average Bonchev–Trinajstić information content (AvgIpc) is 3.01. The Morgan fingerprint density at radius 1 is 1.30 bits per heavy atom. The maximum Gasteiger partial charge on any atom is 0.293 e. The lowest BCUT2D eigenvalue weighted by atomic mass is 10.2. The van der Waals surface area contributed by atoms with Crippen molar-refractivity contribution in [3.63, 3.8) is 0 Å². The maximum atomic E-state index is 6.07. The fourth-order valence-corrected chi connectivity index (χ4v) is 2.40. The molecule has 3 aromatic rings. The number of aromatic nitrogens is 2. The molecule has 1 atom stereocenters. The third-order valence-electron chi connectivity index (χ3n) is 3.75. The molecular weight excluding hydrogens is 254 g/mol. The van der Waals surface area contributed by atoms with Crippen LogP contribution in [0.2, 0.25) is 0 Å². The predicted octanol–water partition coefficient (Wildman–Crippen LogP) is 3.20. The van der Waals surface area contributed by atoms with Gasteiger partial charge in [0, 0.05) is 5.39 Å². The smallest absolute Gasteiger partial charge is 0.293 e. The van der Waals surface area contributed by atoms with Crippen molar-refractivity contribution >= 4 is 11.0 Å². The quantitative estimate of drug-likeness (QED) is 0.790. The van der Waals surface area contributed by atoms with Crippen LogP contribution < -0.4 is 5.73 Å². The Bertz CT molecular complexity index is 770. The number of hydrogen-bond donors (Lipinski definition) is 1. The van der Waals surface area contributed by atoms with Gasteiger partial charge in [-0.3, -0.25) is 0 Å². The lowest BCUT2D eigenvalue weighted by Crippen LogP contribution is -2.13. The summed E-state index contributed by atoms with van der Waals surface area (Å²) in [6.45, 7) is 2.05. The van der Waals surface area contributed by atoms with Gasteiger partial charge in [-0.2, -0.15) is 4.98 Å². The van der Waals surface area contributed by atoms with Crippen LogP contribution in [0.4, 0.5) is 0 Å². The Hall–Kier alpha value is -2.14. The molecule has 1 saturated carbocycles. The SMILES string of the molecule is Cc1ccc2oc(-c3nc(C(N)C4CC4)no3)cc2c1. The first kappa shape index (κ1) is 11.7. The van der Waals surface area contributed by atoms with Crippen molar-refractivity contribution in [1.82, 2.24) is 10.1 Å². The highest BCUT2D eigenvalue weighted by atomic mass is 16.5. The summed E-state index contributed by atoms with van der Waals surface area (Å²) in [5.74, 6) is 2.05. The molecule has 1 aliphatic rings. The normalized spacial score (nSPS) is 16.7. The predicted molar refractivity (Wildman–Crippen MR) is 73.9 cm³/mol. The topological polar surface area (TPSA) is 78.1 Å². The van der Waals surface area contributed by atoms with E-state index in [9.17, 15) is 0 Å². The van der Waals surface area contributed by atoms with Crippen molar-refractivity contribution in [2.24, 2.45) is 11.7 Å². The summed E-state index contributed by atoms with van der Waals surface area (Å²) in [5, 5.41) is 5.00. The number of fused-ring (bicyclic) bond motifs is 1. The van der Waals surface area contributed by atoms with E-state index in [0.29, 0.717) is 23.4 Å². The highest BCUT2D eigenvalue weighted by Crippen LogP contribution is 2.39. The van der Waals surface area contributed by atoms with E-state index in [0.717, 1.165) is 23.8 Å². The molecule has 2 N–H and O–H groups in total. The Labute approximate surface area is 115 Å². The van der Waals surface area contributed by atoms with Gasteiger partial charge in [0.2, 0.25) is 0 Å². The summed E-state index contributed by atoms with van der Waals surface area (Å²) in [6.07, 6.45) is 2.30. The summed E-state index contributed by atoms with van der Waals surface area (Å²) in [4.78, 5) is 4.36. The fraction of sp³-hybridized carbons (Fsp3) is 0.333. The van der Waals surface area contributed by atoms with Gasteiger partial charge in [0.25, 0.3) is 5.89 Å². The first-order valence-electron chi connectivity index (χ1n) is 6.80. The molecule has 5 nitrogen and oxygen atoms in total. The Balaban J connectivity index is 1.71. The van der Waals surface area contributed by atoms with Crippen molar-refractivity contribution < 1.29 is 8.94 Å². The first-order chi connectivity index (χ1) is 9.70. The molecule has 20 heavy (non-hydrogen) atoms. The van der Waals surface area contributed by atoms with Crippen LogP contribution in [0, 0.1) is 12.8 Å². The minimum Gasteiger partial charge on any atom is -0.451 e. The molecule has 0 saturated heterocycles. The Morgan fingerprint density at radius 3 is 2.95 bits per heavy atom. The number of furan rings is 1. The molecule has 0 aliphatic heterocycles. The van der Waals surface area contributed by atoms with E-state index in [1.165, 1.54) is 5.56 Å². The lowest BCUT2D eigenvalue weighted by molar-refractivity contribution is 0.402. The van der Waals surface area contributed by atoms with Crippen molar-refractivity contribution in [3.05, 3.63) is 35.7 Å². The van der Waals surface area contributed by atoms with E-state index in [1.807, 2.05) is 25.1 Å². The second kappa shape index (κ2) is 4.18. The molecule has 1 fully saturated rings. The van der Waals surface area contributed by atoms with Gasteiger partial charge in [0.05, 0.1) is 6.04 Å². The molecule has 5 heteroatoms. The van der Waals surface area contributed by atoms with E-state index in [2.05, 4.69) is 16.2 Å². The number of nitrogens with zero attached hydrogens (tertiary/aromatic N) is 2. The highest BCUT2D eigenvalue weighted by Gasteiger charge is 2.33. The van der Waals surface area contributed by atoms with Crippen LogP contribution >= 0.6 is 0 Å². The van der Waals surface area contributed by atoms with Gasteiger partial charge in [-0.15, -0.1) is 0 Å². The van der Waals surface area contributed by atoms with E-state index in [1.54, 1.807) is 0 Å². The number of hydrogen-bond acceptors (Lipinski definition) is 5. The zero-order valence-electron chi connectivity index (χ0n) is 11.2. The van der Waals surface area contributed by atoms with Gasteiger partial charge in [-0.1, -0.05) is 16.8 Å². The summed E-state index contributed by atoms with van der Waals surface area (Å²) < 4.78 is 11.0. The van der Waals surface area contributed by atoms with E-state index >= 15 is 0 Å². The standard InChI is InChI=1S/C15H15N3O2/c1-8-2-5-11-10(6-8)7-12(19-11)15-17-14(18-20-15)13(16)9-3-4-9/h2,5-7,9,13H,3-4,16H2,1H3. The minimum atomic E-state index is -0.126. The second-order valence-corrected chi connectivity index (χ2v) is 5.47. The van der Waals surface area contributed by atoms with Crippen LogP contribution in [-0.4, -0.2) is 10.1 Å². The summed E-state index contributed by atoms with van der Waals surface area (Å²) in [5.41, 5.74) is 8.07. The fourth-order valence-electron chi connectivity index (χ4n) is 2.40. The van der Waals surface area contributed by atoms with Crippen LogP contribution in [0.1, 0.15) is 30.3 Å². The van der Waals surface area contributed by atoms with Gasteiger partial charge >= 0.3 is 0 Å².